The van der Waals surface area contributed by atoms with Gasteiger partial charge in [-0.05, 0) is 85.3 Å². The van der Waals surface area contributed by atoms with Crippen LogP contribution in [0.4, 0.5) is 5.69 Å². The van der Waals surface area contributed by atoms with E-state index in [1.54, 1.807) is 0 Å². The number of pyridine rings is 3. The van der Waals surface area contributed by atoms with Gasteiger partial charge in [-0.1, -0.05) is 54.6 Å². The number of aryl methyl sites for hydroxylation is 1. The molecular formula is C39H28N6. The predicted molar refractivity (Wildman–Crippen MR) is 184 cm³/mol. The molecule has 9 rings (SSSR count). The van der Waals surface area contributed by atoms with Crippen LogP contribution in [0.5, 0.6) is 0 Å². The largest absolute Gasteiger partial charge is 0.294 e. The van der Waals surface area contributed by atoms with E-state index in [1.165, 1.54) is 10.9 Å². The fraction of sp³-hybridized carbons (Fsp3) is 0.103. The minimum Gasteiger partial charge on any atom is -0.294 e. The lowest BCUT2D eigenvalue weighted by atomic mass is 10.0. The molecule has 2 aliphatic rings. The van der Waals surface area contributed by atoms with E-state index < -0.39 is 0 Å². The molecule has 0 saturated heterocycles. The Balaban J connectivity index is 1.03. The summed E-state index contributed by atoms with van der Waals surface area (Å²) in [6, 6.07) is 33.9. The SMILES string of the molecule is C1=Nc2c(ccc3cc(-c4cccc(C5=NC(c6ccc(-n7c8ccccc8c8cccnc87)cc6)=CCC5)n4)cnc23)CC1. The van der Waals surface area contributed by atoms with Gasteiger partial charge < -0.3 is 0 Å². The molecule has 45 heavy (non-hydrogen) atoms. The minimum atomic E-state index is 0.852. The first-order chi connectivity index (χ1) is 22.3. The number of aliphatic imine (C=N–C) groups is 2. The second-order valence-electron chi connectivity index (χ2n) is 11.6. The molecule has 0 saturated carbocycles. The van der Waals surface area contributed by atoms with E-state index >= 15 is 0 Å². The Hall–Kier alpha value is -5.75. The second kappa shape index (κ2) is 10.5. The summed E-state index contributed by atoms with van der Waals surface area (Å²) < 4.78 is 2.23. The van der Waals surface area contributed by atoms with Gasteiger partial charge in [-0.3, -0.25) is 19.5 Å². The molecule has 4 aromatic heterocycles. The topological polar surface area (TPSA) is 68.3 Å². The lowest BCUT2D eigenvalue weighted by molar-refractivity contribution is 1.03. The summed E-state index contributed by atoms with van der Waals surface area (Å²) in [6.07, 6.45) is 11.8. The molecule has 0 N–H and O–H groups in total. The van der Waals surface area contributed by atoms with E-state index in [9.17, 15) is 0 Å². The van der Waals surface area contributed by atoms with E-state index in [0.717, 1.165) is 98.4 Å². The van der Waals surface area contributed by atoms with Crippen molar-refractivity contribution in [2.24, 2.45) is 9.98 Å². The zero-order valence-electron chi connectivity index (χ0n) is 24.6. The Morgan fingerprint density at radius 1 is 0.689 bits per heavy atom. The zero-order chi connectivity index (χ0) is 29.7. The Bertz CT molecular complexity index is 2320. The van der Waals surface area contributed by atoms with Crippen LogP contribution >= 0.6 is 0 Å². The number of fused-ring (bicyclic) bond motifs is 6. The van der Waals surface area contributed by atoms with E-state index in [1.807, 2.05) is 30.7 Å². The van der Waals surface area contributed by atoms with Crippen molar-refractivity contribution in [1.82, 2.24) is 19.5 Å². The molecule has 0 aliphatic carbocycles. The average Bonchev–Trinajstić information content (AvgIpc) is 3.46. The van der Waals surface area contributed by atoms with Crippen LogP contribution in [0.2, 0.25) is 0 Å². The van der Waals surface area contributed by atoms with Crippen LogP contribution < -0.4 is 0 Å². The van der Waals surface area contributed by atoms with Gasteiger partial charge >= 0.3 is 0 Å². The highest BCUT2D eigenvalue weighted by Gasteiger charge is 2.17. The third-order valence-electron chi connectivity index (χ3n) is 8.84. The summed E-state index contributed by atoms with van der Waals surface area (Å²) in [5.41, 5.74) is 12.3. The average molecular weight is 581 g/mol. The smallest absolute Gasteiger partial charge is 0.145 e. The zero-order valence-corrected chi connectivity index (χ0v) is 24.6. The summed E-state index contributed by atoms with van der Waals surface area (Å²) in [7, 11) is 0. The Labute approximate surface area is 260 Å². The minimum absolute atomic E-state index is 0.852. The number of hydrogen-bond acceptors (Lipinski definition) is 5. The van der Waals surface area contributed by atoms with E-state index in [-0.39, 0.29) is 0 Å². The van der Waals surface area contributed by atoms with Crippen LogP contribution in [-0.4, -0.2) is 31.4 Å². The summed E-state index contributed by atoms with van der Waals surface area (Å²) in [6.45, 7) is 0. The Morgan fingerprint density at radius 3 is 2.53 bits per heavy atom. The highest BCUT2D eigenvalue weighted by Crippen LogP contribution is 2.34. The normalized spacial score (nSPS) is 14.5. The van der Waals surface area contributed by atoms with Crippen molar-refractivity contribution in [3.63, 3.8) is 0 Å². The number of aromatic nitrogens is 4. The Kier molecular flexibility index (Phi) is 5.98. The maximum Gasteiger partial charge on any atom is 0.145 e. The number of allylic oxidation sites excluding steroid dienone is 1. The molecule has 0 spiro atoms. The molecule has 214 valence electrons. The number of hydrogen-bond donors (Lipinski definition) is 0. The van der Waals surface area contributed by atoms with Crippen molar-refractivity contribution in [2.75, 3.05) is 0 Å². The van der Waals surface area contributed by atoms with Crippen molar-refractivity contribution in [3.05, 3.63) is 132 Å². The highest BCUT2D eigenvalue weighted by atomic mass is 15.0. The molecule has 0 radical (unpaired) electrons. The van der Waals surface area contributed by atoms with E-state index in [0.29, 0.717) is 0 Å². The fourth-order valence-electron chi connectivity index (χ4n) is 6.64. The third kappa shape index (κ3) is 4.37. The maximum atomic E-state index is 5.11. The maximum absolute atomic E-state index is 5.11. The van der Waals surface area contributed by atoms with Gasteiger partial charge in [0, 0.05) is 46.0 Å². The van der Waals surface area contributed by atoms with Gasteiger partial charge in [0.1, 0.15) is 5.65 Å². The third-order valence-corrected chi connectivity index (χ3v) is 8.84. The molecule has 0 amide bonds. The molecule has 0 unspecified atom stereocenters. The van der Waals surface area contributed by atoms with E-state index in [2.05, 4.69) is 101 Å². The van der Waals surface area contributed by atoms with Gasteiger partial charge in [0.05, 0.1) is 39.5 Å². The number of para-hydroxylation sites is 1. The van der Waals surface area contributed by atoms with Crippen molar-refractivity contribution in [1.29, 1.82) is 0 Å². The first-order valence-corrected chi connectivity index (χ1v) is 15.4. The van der Waals surface area contributed by atoms with Crippen molar-refractivity contribution >= 4 is 56.1 Å². The quantitative estimate of drug-likeness (QED) is 0.209. The van der Waals surface area contributed by atoms with E-state index in [4.69, 9.17) is 19.9 Å². The van der Waals surface area contributed by atoms with Gasteiger partial charge in [0.2, 0.25) is 0 Å². The molecular weight excluding hydrogens is 552 g/mol. The first kappa shape index (κ1) is 25.7. The molecule has 7 aromatic rings. The van der Waals surface area contributed by atoms with Gasteiger partial charge in [-0.2, -0.15) is 0 Å². The van der Waals surface area contributed by atoms with Crippen LogP contribution in [0.1, 0.15) is 36.1 Å². The number of benzene rings is 3. The van der Waals surface area contributed by atoms with Gasteiger partial charge in [0.25, 0.3) is 0 Å². The molecule has 0 atom stereocenters. The highest BCUT2D eigenvalue weighted by molar-refractivity contribution is 6.08. The van der Waals surface area contributed by atoms with Crippen molar-refractivity contribution in [3.8, 4) is 16.9 Å². The molecule has 6 heterocycles. The van der Waals surface area contributed by atoms with Gasteiger partial charge in [0.15, 0.2) is 0 Å². The van der Waals surface area contributed by atoms with Crippen molar-refractivity contribution < 1.29 is 0 Å². The predicted octanol–water partition coefficient (Wildman–Crippen LogP) is 9.06. The van der Waals surface area contributed by atoms with Crippen LogP contribution in [0.3, 0.4) is 0 Å². The van der Waals surface area contributed by atoms with Crippen LogP contribution in [-0.2, 0) is 6.42 Å². The van der Waals surface area contributed by atoms with Crippen LogP contribution in [0.25, 0.3) is 55.5 Å². The summed E-state index contributed by atoms with van der Waals surface area (Å²) in [4.78, 5) is 24.4. The lowest BCUT2D eigenvalue weighted by Gasteiger charge is -2.15. The standard InChI is InChI=1S/C39H28N6/c1-2-14-36-30(8-1)31-9-6-22-41-39(31)45(36)29-19-17-25(18-20-29)32-10-3-12-34(43-32)35-13-4-11-33(44-35)28-23-27-16-15-26-7-5-21-40-37(26)38(27)42-24-28/h1-2,4,6,8-11,13-24H,3,5,7,12H2. The van der Waals surface area contributed by atoms with Crippen LogP contribution in [0.15, 0.2) is 126 Å². The lowest BCUT2D eigenvalue weighted by Crippen LogP contribution is -2.08. The molecule has 3 aromatic carbocycles. The number of rotatable bonds is 4. The molecule has 0 bridgehead atoms. The van der Waals surface area contributed by atoms with Crippen LogP contribution in [0, 0.1) is 0 Å². The van der Waals surface area contributed by atoms with Gasteiger partial charge in [-0.25, -0.2) is 9.97 Å². The summed E-state index contributed by atoms with van der Waals surface area (Å²) >= 11 is 0. The second-order valence-corrected chi connectivity index (χ2v) is 11.6. The van der Waals surface area contributed by atoms with Crippen molar-refractivity contribution in [2.45, 2.75) is 25.7 Å². The summed E-state index contributed by atoms with van der Waals surface area (Å²) in [5.74, 6) is 0. The Morgan fingerprint density at radius 2 is 1.58 bits per heavy atom. The molecule has 0 fully saturated rings. The molecule has 2 aliphatic heterocycles. The molecule has 6 nitrogen and oxygen atoms in total. The fourth-order valence-corrected chi connectivity index (χ4v) is 6.64. The van der Waals surface area contributed by atoms with Gasteiger partial charge in [-0.15, -0.1) is 0 Å². The number of nitrogens with zero attached hydrogens (tertiary/aromatic N) is 6. The monoisotopic (exact) mass is 580 g/mol. The summed E-state index contributed by atoms with van der Waals surface area (Å²) in [5, 5.41) is 3.44. The first-order valence-electron chi connectivity index (χ1n) is 15.4. The molecule has 6 heteroatoms.